The molecule has 18 heavy (non-hydrogen) atoms. The summed E-state index contributed by atoms with van der Waals surface area (Å²) in [6, 6.07) is 13.2. The minimum atomic E-state index is 0.444. The SMILES string of the molecule is CCNC(CSc1cccc(Br)c1)c1cccs1. The van der Waals surface area contributed by atoms with Crippen molar-refractivity contribution in [3.63, 3.8) is 0 Å². The summed E-state index contributed by atoms with van der Waals surface area (Å²) in [6.07, 6.45) is 0. The van der Waals surface area contributed by atoms with E-state index in [1.54, 1.807) is 0 Å². The zero-order chi connectivity index (χ0) is 12.8. The highest BCUT2D eigenvalue weighted by Gasteiger charge is 2.11. The molecule has 0 aliphatic rings. The summed E-state index contributed by atoms with van der Waals surface area (Å²) >= 11 is 7.23. The second kappa shape index (κ2) is 7.34. The Kier molecular flexibility index (Phi) is 5.76. The van der Waals surface area contributed by atoms with E-state index in [0.29, 0.717) is 6.04 Å². The van der Waals surface area contributed by atoms with Crippen LogP contribution < -0.4 is 5.32 Å². The van der Waals surface area contributed by atoms with Gasteiger partial charge in [0, 0.05) is 20.0 Å². The summed E-state index contributed by atoms with van der Waals surface area (Å²) in [6.45, 7) is 3.16. The highest BCUT2D eigenvalue weighted by Crippen LogP contribution is 2.28. The highest BCUT2D eigenvalue weighted by molar-refractivity contribution is 9.10. The van der Waals surface area contributed by atoms with Gasteiger partial charge in [-0.2, -0.15) is 0 Å². The van der Waals surface area contributed by atoms with Crippen molar-refractivity contribution in [3.8, 4) is 0 Å². The molecule has 1 nitrogen and oxygen atoms in total. The number of halogens is 1. The molecule has 0 spiro atoms. The smallest absolute Gasteiger partial charge is 0.0510 e. The van der Waals surface area contributed by atoms with Gasteiger partial charge in [-0.3, -0.25) is 0 Å². The molecule has 1 heterocycles. The van der Waals surface area contributed by atoms with Gasteiger partial charge in [-0.25, -0.2) is 0 Å². The summed E-state index contributed by atoms with van der Waals surface area (Å²) in [5.74, 6) is 1.06. The molecule has 4 heteroatoms. The third-order valence-corrected chi connectivity index (χ3v) is 5.12. The summed E-state index contributed by atoms with van der Waals surface area (Å²) in [7, 11) is 0. The number of nitrogens with one attached hydrogen (secondary N) is 1. The number of benzene rings is 1. The van der Waals surface area contributed by atoms with Crippen LogP contribution >= 0.6 is 39.0 Å². The zero-order valence-corrected chi connectivity index (χ0v) is 13.4. The van der Waals surface area contributed by atoms with Crippen molar-refractivity contribution in [1.29, 1.82) is 0 Å². The second-order valence-electron chi connectivity index (χ2n) is 3.89. The Hall–Kier alpha value is -0.290. The van der Waals surface area contributed by atoms with Crippen molar-refractivity contribution in [2.45, 2.75) is 17.9 Å². The predicted molar refractivity (Wildman–Crippen MR) is 85.6 cm³/mol. The van der Waals surface area contributed by atoms with Gasteiger partial charge >= 0.3 is 0 Å². The Morgan fingerprint density at radius 3 is 2.89 bits per heavy atom. The highest BCUT2D eigenvalue weighted by atomic mass is 79.9. The fourth-order valence-corrected chi connectivity index (χ4v) is 4.21. The zero-order valence-electron chi connectivity index (χ0n) is 10.2. The number of rotatable bonds is 6. The van der Waals surface area contributed by atoms with E-state index in [9.17, 15) is 0 Å². The van der Waals surface area contributed by atoms with E-state index in [2.05, 4.69) is 69.9 Å². The van der Waals surface area contributed by atoms with Crippen LogP contribution in [0, 0.1) is 0 Å². The normalized spacial score (nSPS) is 12.6. The van der Waals surface area contributed by atoms with Gasteiger partial charge in [0.15, 0.2) is 0 Å². The molecule has 1 N–H and O–H groups in total. The molecule has 0 amide bonds. The van der Waals surface area contributed by atoms with Gasteiger partial charge in [0.05, 0.1) is 6.04 Å². The molecule has 96 valence electrons. The predicted octanol–water partition coefficient (Wildman–Crippen LogP) is 4.95. The molecular weight excluding hydrogens is 326 g/mol. The van der Waals surface area contributed by atoms with Crippen molar-refractivity contribution >= 4 is 39.0 Å². The molecule has 0 fully saturated rings. The van der Waals surface area contributed by atoms with Crippen molar-refractivity contribution in [3.05, 3.63) is 51.1 Å². The van der Waals surface area contributed by atoms with E-state index in [4.69, 9.17) is 0 Å². The summed E-state index contributed by atoms with van der Waals surface area (Å²) in [4.78, 5) is 2.73. The molecular formula is C14H16BrNS2. The van der Waals surface area contributed by atoms with Crippen LogP contribution in [-0.2, 0) is 0 Å². The van der Waals surface area contributed by atoms with Gasteiger partial charge in [-0.05, 0) is 36.2 Å². The third-order valence-electron chi connectivity index (χ3n) is 2.55. The van der Waals surface area contributed by atoms with Crippen LogP contribution in [0.5, 0.6) is 0 Å². The topological polar surface area (TPSA) is 12.0 Å². The quantitative estimate of drug-likeness (QED) is 0.745. The first-order valence-electron chi connectivity index (χ1n) is 5.94. The first-order chi connectivity index (χ1) is 8.79. The van der Waals surface area contributed by atoms with Crippen molar-refractivity contribution in [2.75, 3.05) is 12.3 Å². The van der Waals surface area contributed by atoms with E-state index in [-0.39, 0.29) is 0 Å². The Labute approximate surface area is 125 Å². The maximum atomic E-state index is 3.55. The number of hydrogen-bond donors (Lipinski definition) is 1. The van der Waals surface area contributed by atoms with E-state index < -0.39 is 0 Å². The van der Waals surface area contributed by atoms with Gasteiger partial charge in [0.25, 0.3) is 0 Å². The molecule has 1 aromatic carbocycles. The number of thioether (sulfide) groups is 1. The van der Waals surface area contributed by atoms with E-state index in [1.165, 1.54) is 9.77 Å². The monoisotopic (exact) mass is 341 g/mol. The number of hydrogen-bond acceptors (Lipinski definition) is 3. The fourth-order valence-electron chi connectivity index (χ4n) is 1.71. The lowest BCUT2D eigenvalue weighted by Gasteiger charge is -2.16. The van der Waals surface area contributed by atoms with Crippen LogP contribution in [0.25, 0.3) is 0 Å². The molecule has 1 aromatic heterocycles. The standard InChI is InChI=1S/C14H16BrNS2/c1-2-16-13(14-7-4-8-17-14)10-18-12-6-3-5-11(15)9-12/h3-9,13,16H,2,10H2,1H3. The lowest BCUT2D eigenvalue weighted by atomic mass is 10.3. The summed E-state index contributed by atoms with van der Waals surface area (Å²) in [5, 5.41) is 5.69. The average molecular weight is 342 g/mol. The van der Waals surface area contributed by atoms with Crippen LogP contribution in [-0.4, -0.2) is 12.3 Å². The molecule has 2 aromatic rings. The summed E-state index contributed by atoms with van der Waals surface area (Å²) in [5.41, 5.74) is 0. The molecule has 0 bridgehead atoms. The molecule has 1 atom stereocenters. The maximum absolute atomic E-state index is 3.55. The Bertz CT molecular complexity index is 470. The Balaban J connectivity index is 1.98. The van der Waals surface area contributed by atoms with Crippen LogP contribution in [0.1, 0.15) is 17.8 Å². The third kappa shape index (κ3) is 4.12. The van der Waals surface area contributed by atoms with Gasteiger partial charge < -0.3 is 5.32 Å². The van der Waals surface area contributed by atoms with Crippen LogP contribution in [0.2, 0.25) is 0 Å². The van der Waals surface area contributed by atoms with Gasteiger partial charge in [0.2, 0.25) is 0 Å². The minimum Gasteiger partial charge on any atom is -0.309 e. The van der Waals surface area contributed by atoms with E-state index in [0.717, 1.165) is 16.8 Å². The van der Waals surface area contributed by atoms with Gasteiger partial charge in [0.1, 0.15) is 0 Å². The van der Waals surface area contributed by atoms with E-state index >= 15 is 0 Å². The second-order valence-corrected chi connectivity index (χ2v) is 6.88. The molecule has 0 saturated heterocycles. The van der Waals surface area contributed by atoms with Gasteiger partial charge in [-0.15, -0.1) is 23.1 Å². The Morgan fingerprint density at radius 1 is 1.33 bits per heavy atom. The number of thiophene rings is 1. The van der Waals surface area contributed by atoms with Gasteiger partial charge in [-0.1, -0.05) is 35.0 Å². The summed E-state index contributed by atoms with van der Waals surface area (Å²) < 4.78 is 1.14. The first kappa shape index (κ1) is 14.1. The minimum absolute atomic E-state index is 0.444. The van der Waals surface area contributed by atoms with Crippen LogP contribution in [0.4, 0.5) is 0 Å². The van der Waals surface area contributed by atoms with Crippen molar-refractivity contribution in [2.24, 2.45) is 0 Å². The molecule has 0 saturated carbocycles. The maximum Gasteiger partial charge on any atom is 0.0510 e. The molecule has 1 unspecified atom stereocenters. The molecule has 0 radical (unpaired) electrons. The van der Waals surface area contributed by atoms with Crippen molar-refractivity contribution < 1.29 is 0 Å². The average Bonchev–Trinajstić information content (AvgIpc) is 2.88. The van der Waals surface area contributed by atoms with Crippen molar-refractivity contribution in [1.82, 2.24) is 5.32 Å². The van der Waals surface area contributed by atoms with E-state index in [1.807, 2.05) is 23.1 Å². The lowest BCUT2D eigenvalue weighted by Crippen LogP contribution is -2.21. The fraction of sp³-hybridized carbons (Fsp3) is 0.286. The largest absolute Gasteiger partial charge is 0.309 e. The molecule has 0 aliphatic heterocycles. The first-order valence-corrected chi connectivity index (χ1v) is 8.60. The van der Waals surface area contributed by atoms with Crippen LogP contribution in [0.3, 0.4) is 0 Å². The Morgan fingerprint density at radius 2 is 2.22 bits per heavy atom. The lowest BCUT2D eigenvalue weighted by molar-refractivity contribution is 0.615. The van der Waals surface area contributed by atoms with Crippen LogP contribution in [0.15, 0.2) is 51.1 Å². The molecule has 0 aliphatic carbocycles. The molecule has 2 rings (SSSR count).